The molecule has 0 aliphatic heterocycles. The Kier molecular flexibility index (Phi) is 3.67. The zero-order valence-electron chi connectivity index (χ0n) is 15.4. The topological polar surface area (TPSA) is 34.1 Å². The van der Waals surface area contributed by atoms with Crippen LogP contribution in [0, 0.1) is 22.7 Å². The molecular weight excluding hydrogens is 296 g/mol. The first-order chi connectivity index (χ1) is 11.4. The number of hydrogen-bond donors (Lipinski definition) is 0. The highest BCUT2D eigenvalue weighted by Gasteiger charge is 2.61. The van der Waals surface area contributed by atoms with Gasteiger partial charge in [-0.3, -0.25) is 9.59 Å². The highest BCUT2D eigenvalue weighted by molar-refractivity contribution is 5.93. The molecule has 130 valence electrons. The molecule has 4 aliphatic carbocycles. The van der Waals surface area contributed by atoms with Crippen molar-refractivity contribution < 1.29 is 9.59 Å². The first-order valence-electron chi connectivity index (χ1n) is 9.89. The maximum absolute atomic E-state index is 12.8. The Hall–Kier alpha value is -1.18. The molecule has 4 aliphatic rings. The van der Waals surface area contributed by atoms with Crippen LogP contribution in [-0.4, -0.2) is 11.6 Å². The summed E-state index contributed by atoms with van der Waals surface area (Å²) in [6, 6.07) is 0. The van der Waals surface area contributed by atoms with Gasteiger partial charge in [0.05, 0.1) is 0 Å². The lowest BCUT2D eigenvalue weighted by Crippen LogP contribution is -2.47. The third-order valence-electron chi connectivity index (χ3n) is 8.27. The minimum atomic E-state index is -0.124. The number of allylic oxidation sites excluding steroid dienone is 4. The summed E-state index contributed by atoms with van der Waals surface area (Å²) in [7, 11) is 0. The Labute approximate surface area is 145 Å². The highest BCUT2D eigenvalue weighted by Crippen LogP contribution is 2.67. The van der Waals surface area contributed by atoms with Gasteiger partial charge in [-0.15, -0.1) is 0 Å². The second-order valence-corrected chi connectivity index (χ2v) is 8.96. The van der Waals surface area contributed by atoms with Crippen molar-refractivity contribution in [3.05, 3.63) is 22.8 Å². The number of fused-ring (bicyclic) bond motifs is 4. The molecular formula is C22H30O2. The summed E-state index contributed by atoms with van der Waals surface area (Å²) >= 11 is 0. The molecule has 0 bridgehead atoms. The van der Waals surface area contributed by atoms with Gasteiger partial charge in [0, 0.05) is 18.3 Å². The predicted octanol–water partition coefficient (Wildman–Crippen LogP) is 5.18. The number of Topliss-reactive ketones (excluding diaryl/α,β-unsaturated/α-hetero) is 1. The van der Waals surface area contributed by atoms with Gasteiger partial charge in [-0.1, -0.05) is 26.3 Å². The SMILES string of the molecule is CCC(=O)[C@@]1(C)CC[C@@H]2C3CCC4=CC(=O)CCC4=C3CC[C@@]21C. The van der Waals surface area contributed by atoms with E-state index < -0.39 is 0 Å². The molecule has 1 unspecified atom stereocenters. The molecule has 0 saturated heterocycles. The minimum absolute atomic E-state index is 0.124. The van der Waals surface area contributed by atoms with Crippen molar-refractivity contribution in [1.82, 2.24) is 0 Å². The first-order valence-corrected chi connectivity index (χ1v) is 9.89. The van der Waals surface area contributed by atoms with Crippen LogP contribution in [0.3, 0.4) is 0 Å². The number of ketones is 2. The van der Waals surface area contributed by atoms with E-state index in [1.165, 1.54) is 24.0 Å². The fraction of sp³-hybridized carbons (Fsp3) is 0.727. The van der Waals surface area contributed by atoms with Crippen LogP contribution in [0.1, 0.15) is 78.6 Å². The lowest BCUT2D eigenvalue weighted by atomic mass is 9.51. The van der Waals surface area contributed by atoms with E-state index in [9.17, 15) is 9.59 Å². The van der Waals surface area contributed by atoms with Gasteiger partial charge in [-0.2, -0.15) is 0 Å². The molecule has 0 aromatic heterocycles. The Morgan fingerprint density at radius 3 is 2.67 bits per heavy atom. The number of carbonyl (C=O) groups excluding carboxylic acids is 2. The largest absolute Gasteiger partial charge is 0.299 e. The van der Waals surface area contributed by atoms with Gasteiger partial charge in [0.2, 0.25) is 0 Å². The van der Waals surface area contributed by atoms with Crippen LogP contribution in [-0.2, 0) is 9.59 Å². The van der Waals surface area contributed by atoms with Crippen LogP contribution < -0.4 is 0 Å². The van der Waals surface area contributed by atoms with Crippen molar-refractivity contribution in [3.63, 3.8) is 0 Å². The van der Waals surface area contributed by atoms with Crippen molar-refractivity contribution in [2.75, 3.05) is 0 Å². The summed E-state index contributed by atoms with van der Waals surface area (Å²) in [5.41, 5.74) is 4.58. The molecule has 0 amide bonds. The van der Waals surface area contributed by atoms with E-state index in [-0.39, 0.29) is 10.8 Å². The molecule has 0 heterocycles. The zero-order chi connectivity index (χ0) is 17.1. The molecule has 24 heavy (non-hydrogen) atoms. The summed E-state index contributed by atoms with van der Waals surface area (Å²) in [6.45, 7) is 6.69. The molecule has 0 aromatic rings. The van der Waals surface area contributed by atoms with E-state index in [1.54, 1.807) is 5.57 Å². The quantitative estimate of drug-likeness (QED) is 0.701. The Morgan fingerprint density at radius 2 is 1.92 bits per heavy atom. The molecule has 2 heteroatoms. The molecule has 0 spiro atoms. The molecule has 4 rings (SSSR count). The van der Waals surface area contributed by atoms with Crippen LogP contribution in [0.15, 0.2) is 22.8 Å². The van der Waals surface area contributed by atoms with E-state index in [2.05, 4.69) is 13.8 Å². The number of carbonyl (C=O) groups is 2. The monoisotopic (exact) mass is 326 g/mol. The fourth-order valence-corrected chi connectivity index (χ4v) is 6.65. The first kappa shape index (κ1) is 16.3. The molecule has 2 saturated carbocycles. The normalized spacial score (nSPS) is 41.5. The van der Waals surface area contributed by atoms with Gasteiger partial charge in [0.1, 0.15) is 5.78 Å². The average Bonchev–Trinajstić information content (AvgIpc) is 2.86. The summed E-state index contributed by atoms with van der Waals surface area (Å²) in [5, 5.41) is 0. The summed E-state index contributed by atoms with van der Waals surface area (Å²) in [6.07, 6.45) is 11.1. The van der Waals surface area contributed by atoms with Gasteiger partial charge < -0.3 is 0 Å². The van der Waals surface area contributed by atoms with Crippen LogP contribution in [0.2, 0.25) is 0 Å². The zero-order valence-corrected chi connectivity index (χ0v) is 15.4. The van der Waals surface area contributed by atoms with Crippen LogP contribution in [0.5, 0.6) is 0 Å². The van der Waals surface area contributed by atoms with Gasteiger partial charge in [-0.05, 0) is 79.4 Å². The van der Waals surface area contributed by atoms with Crippen LogP contribution in [0.25, 0.3) is 0 Å². The summed E-state index contributed by atoms with van der Waals surface area (Å²) in [5.74, 6) is 2.11. The van der Waals surface area contributed by atoms with Crippen LogP contribution in [0.4, 0.5) is 0 Å². The second-order valence-electron chi connectivity index (χ2n) is 8.96. The molecule has 2 fully saturated rings. The van der Waals surface area contributed by atoms with Gasteiger partial charge in [0.25, 0.3) is 0 Å². The lowest BCUT2D eigenvalue weighted by Gasteiger charge is -2.52. The van der Waals surface area contributed by atoms with Crippen molar-refractivity contribution in [1.29, 1.82) is 0 Å². The Balaban J connectivity index is 1.72. The number of hydrogen-bond acceptors (Lipinski definition) is 2. The molecule has 2 nitrogen and oxygen atoms in total. The highest BCUT2D eigenvalue weighted by atomic mass is 16.1. The van der Waals surface area contributed by atoms with Gasteiger partial charge in [-0.25, -0.2) is 0 Å². The van der Waals surface area contributed by atoms with Gasteiger partial charge >= 0.3 is 0 Å². The Morgan fingerprint density at radius 1 is 1.12 bits per heavy atom. The van der Waals surface area contributed by atoms with Crippen LogP contribution >= 0.6 is 0 Å². The third kappa shape index (κ3) is 2.01. The molecule has 0 N–H and O–H groups in total. The number of rotatable bonds is 2. The van der Waals surface area contributed by atoms with Gasteiger partial charge in [0.15, 0.2) is 5.78 Å². The van der Waals surface area contributed by atoms with E-state index >= 15 is 0 Å². The molecule has 4 atom stereocenters. The predicted molar refractivity (Wildman–Crippen MR) is 95.5 cm³/mol. The van der Waals surface area contributed by atoms with Crippen molar-refractivity contribution >= 4 is 11.6 Å². The van der Waals surface area contributed by atoms with Crippen molar-refractivity contribution in [2.45, 2.75) is 78.6 Å². The standard InChI is InChI=1S/C22H30O2/c1-4-20(24)22(3)12-10-19-18-7-5-14-13-15(23)6-8-16(14)17(18)9-11-21(19,22)2/h13,18-19H,4-12H2,1-3H3/t18?,19-,21+,22-/m1/s1. The Bertz CT molecular complexity index is 667. The third-order valence-corrected chi connectivity index (χ3v) is 8.27. The van der Waals surface area contributed by atoms with E-state index in [0.29, 0.717) is 36.2 Å². The van der Waals surface area contributed by atoms with Crippen molar-refractivity contribution in [2.24, 2.45) is 22.7 Å². The summed E-state index contributed by atoms with van der Waals surface area (Å²) in [4.78, 5) is 24.5. The minimum Gasteiger partial charge on any atom is -0.299 e. The smallest absolute Gasteiger partial charge is 0.156 e. The fourth-order valence-electron chi connectivity index (χ4n) is 6.65. The van der Waals surface area contributed by atoms with E-state index in [0.717, 1.165) is 32.1 Å². The summed E-state index contributed by atoms with van der Waals surface area (Å²) < 4.78 is 0. The van der Waals surface area contributed by atoms with E-state index in [4.69, 9.17) is 0 Å². The molecule has 0 radical (unpaired) electrons. The van der Waals surface area contributed by atoms with E-state index in [1.807, 2.05) is 13.0 Å². The average molecular weight is 326 g/mol. The second kappa shape index (κ2) is 5.41. The van der Waals surface area contributed by atoms with Crippen molar-refractivity contribution in [3.8, 4) is 0 Å². The maximum atomic E-state index is 12.8. The molecule has 0 aromatic carbocycles. The lowest BCUT2D eigenvalue weighted by molar-refractivity contribution is -0.136. The maximum Gasteiger partial charge on any atom is 0.156 e.